The number of hydrogen-bond donors (Lipinski definition) is 2. The monoisotopic (exact) mass is 253 g/mol. The molecule has 2 N–H and O–H groups in total. The van der Waals surface area contributed by atoms with Crippen molar-refractivity contribution in [3.63, 3.8) is 0 Å². The summed E-state index contributed by atoms with van der Waals surface area (Å²) in [6, 6.07) is 15.9. The van der Waals surface area contributed by atoms with Gasteiger partial charge in [-0.3, -0.25) is 0 Å². The van der Waals surface area contributed by atoms with Crippen molar-refractivity contribution in [3.05, 3.63) is 60.4 Å². The van der Waals surface area contributed by atoms with Crippen LogP contribution in [0.1, 0.15) is 0 Å². The van der Waals surface area contributed by atoms with Crippen molar-refractivity contribution in [2.75, 3.05) is 0 Å². The number of rotatable bonds is 1. The van der Waals surface area contributed by atoms with Crippen LogP contribution in [-0.2, 0) is 0 Å². The van der Waals surface area contributed by atoms with Crippen LogP contribution in [0.3, 0.4) is 0 Å². The second-order valence-electron chi connectivity index (χ2n) is 4.33. The molecule has 0 aliphatic rings. The Morgan fingerprint density at radius 1 is 0.895 bits per heavy atom. The van der Waals surface area contributed by atoms with E-state index >= 15 is 0 Å². The van der Waals surface area contributed by atoms with Gasteiger partial charge in [0, 0.05) is 0 Å². The van der Waals surface area contributed by atoms with Crippen molar-refractivity contribution in [1.29, 1.82) is 0 Å². The molecule has 0 saturated carbocycles. The molecule has 2 nitrogen and oxygen atoms in total. The van der Waals surface area contributed by atoms with Gasteiger partial charge in [0.2, 0.25) is 0 Å². The van der Waals surface area contributed by atoms with E-state index < -0.39 is 5.82 Å². The summed E-state index contributed by atoms with van der Waals surface area (Å²) in [6.45, 7) is 0. The molecule has 3 aromatic rings. The zero-order chi connectivity index (χ0) is 13.4. The highest BCUT2D eigenvalue weighted by atomic mass is 19.1. The maximum Gasteiger partial charge on any atom is 0.165 e. The predicted molar refractivity (Wildman–Crippen MR) is 71.5 cm³/mol. The Hall–Kier alpha value is -2.55. The maximum absolute atomic E-state index is 13.3. The molecular weight excluding hydrogens is 243 g/mol. The maximum atomic E-state index is 13.3. The average Bonchev–Trinajstić information content (AvgIpc) is 2.41. The minimum absolute atomic E-state index is 0.187. The van der Waals surface area contributed by atoms with Crippen LogP contribution in [0, 0.1) is 11.9 Å². The van der Waals surface area contributed by atoms with Crippen molar-refractivity contribution in [1.82, 2.24) is 0 Å². The lowest BCUT2D eigenvalue weighted by molar-refractivity contribution is 0.432. The number of hydrogen-bond acceptors (Lipinski definition) is 2. The van der Waals surface area contributed by atoms with Gasteiger partial charge < -0.3 is 10.2 Å². The summed E-state index contributed by atoms with van der Waals surface area (Å²) in [5.41, 5.74) is 1.47. The third-order valence-electron chi connectivity index (χ3n) is 3.01. The van der Waals surface area contributed by atoms with E-state index in [1.54, 1.807) is 30.3 Å². The summed E-state index contributed by atoms with van der Waals surface area (Å²) >= 11 is 0. The molecule has 0 atom stereocenters. The summed E-state index contributed by atoms with van der Waals surface area (Å²) in [7, 11) is 0. The van der Waals surface area contributed by atoms with Gasteiger partial charge in [-0.05, 0) is 64.4 Å². The van der Waals surface area contributed by atoms with E-state index in [1.807, 2.05) is 6.07 Å². The first kappa shape index (κ1) is 11.5. The van der Waals surface area contributed by atoms with Crippen LogP contribution < -0.4 is 0 Å². The Kier molecular flexibility index (Phi) is 2.60. The molecule has 0 aliphatic carbocycles. The first-order valence-corrected chi connectivity index (χ1v) is 5.77. The van der Waals surface area contributed by atoms with Gasteiger partial charge in [0.05, 0.1) is 0 Å². The number of fused-ring (bicyclic) bond motifs is 1. The molecule has 0 unspecified atom stereocenters. The van der Waals surface area contributed by atoms with Gasteiger partial charge in [-0.25, -0.2) is 4.39 Å². The van der Waals surface area contributed by atoms with E-state index in [4.69, 9.17) is 0 Å². The summed E-state index contributed by atoms with van der Waals surface area (Å²) < 4.78 is 13.3. The van der Waals surface area contributed by atoms with Crippen molar-refractivity contribution in [2.45, 2.75) is 0 Å². The Balaban J connectivity index is 2.14. The third-order valence-corrected chi connectivity index (χ3v) is 3.01. The van der Waals surface area contributed by atoms with E-state index in [-0.39, 0.29) is 11.5 Å². The number of benzene rings is 3. The van der Waals surface area contributed by atoms with Crippen LogP contribution in [-0.4, -0.2) is 10.2 Å². The van der Waals surface area contributed by atoms with Crippen LogP contribution in [0.2, 0.25) is 0 Å². The van der Waals surface area contributed by atoms with E-state index in [1.165, 1.54) is 12.1 Å². The molecule has 0 saturated heterocycles. The third kappa shape index (κ3) is 2.10. The minimum atomic E-state index is -0.650. The number of phenolic OH excluding ortho intramolecular Hbond substituents is 2. The van der Waals surface area contributed by atoms with Gasteiger partial charge in [0.1, 0.15) is 5.75 Å². The Morgan fingerprint density at radius 2 is 1.74 bits per heavy atom. The molecule has 0 fully saturated rings. The number of aromatic hydroxyl groups is 2. The number of halogens is 1. The molecule has 3 rings (SSSR count). The Bertz CT molecular complexity index is 766. The van der Waals surface area contributed by atoms with Crippen LogP contribution in [0.5, 0.6) is 11.5 Å². The molecule has 0 heterocycles. The van der Waals surface area contributed by atoms with Gasteiger partial charge in [-0.2, -0.15) is 0 Å². The zero-order valence-electron chi connectivity index (χ0n) is 9.89. The largest absolute Gasteiger partial charge is 0.508 e. The van der Waals surface area contributed by atoms with E-state index in [0.717, 1.165) is 16.3 Å². The van der Waals surface area contributed by atoms with Crippen molar-refractivity contribution >= 4 is 10.8 Å². The highest BCUT2D eigenvalue weighted by Gasteiger charge is 2.05. The fraction of sp³-hybridized carbons (Fsp3) is 0. The molecule has 93 valence electrons. The average molecular weight is 253 g/mol. The standard InChI is InChI=1S/C16H10FO2/c17-15-9-13(4-6-16(15)19)10-1-2-12-8-14(18)5-3-11(12)7-10/h1,3-9,18-19H. The van der Waals surface area contributed by atoms with E-state index in [9.17, 15) is 14.6 Å². The van der Waals surface area contributed by atoms with Gasteiger partial charge >= 0.3 is 0 Å². The molecule has 0 bridgehead atoms. The molecular formula is C16H10FO2. The second-order valence-corrected chi connectivity index (χ2v) is 4.33. The van der Waals surface area contributed by atoms with Crippen LogP contribution >= 0.6 is 0 Å². The summed E-state index contributed by atoms with van der Waals surface area (Å²) in [4.78, 5) is 0. The Labute approximate surface area is 109 Å². The molecule has 0 aromatic heterocycles. The molecule has 0 aliphatic heterocycles. The lowest BCUT2D eigenvalue weighted by Crippen LogP contribution is -1.82. The van der Waals surface area contributed by atoms with Crippen LogP contribution in [0.15, 0.2) is 48.5 Å². The van der Waals surface area contributed by atoms with Crippen molar-refractivity contribution in [3.8, 4) is 22.6 Å². The molecule has 3 heteroatoms. The first-order chi connectivity index (χ1) is 9.13. The molecule has 3 aromatic carbocycles. The molecule has 19 heavy (non-hydrogen) atoms. The first-order valence-electron chi connectivity index (χ1n) is 5.77. The zero-order valence-corrected chi connectivity index (χ0v) is 9.89. The Morgan fingerprint density at radius 3 is 2.53 bits per heavy atom. The predicted octanol–water partition coefficient (Wildman–Crippen LogP) is 3.86. The minimum Gasteiger partial charge on any atom is -0.508 e. The van der Waals surface area contributed by atoms with E-state index in [0.29, 0.717) is 5.56 Å². The highest BCUT2D eigenvalue weighted by Crippen LogP contribution is 2.28. The summed E-state index contributed by atoms with van der Waals surface area (Å²) in [6.07, 6.45) is 0. The topological polar surface area (TPSA) is 40.5 Å². The van der Waals surface area contributed by atoms with Crippen molar-refractivity contribution < 1.29 is 14.6 Å². The van der Waals surface area contributed by atoms with Crippen molar-refractivity contribution in [2.24, 2.45) is 0 Å². The van der Waals surface area contributed by atoms with E-state index in [2.05, 4.69) is 6.07 Å². The molecule has 0 spiro atoms. The highest BCUT2D eigenvalue weighted by molar-refractivity contribution is 5.87. The van der Waals surface area contributed by atoms with Gasteiger partial charge in [0.15, 0.2) is 11.6 Å². The quantitative estimate of drug-likeness (QED) is 0.691. The van der Waals surface area contributed by atoms with Crippen LogP contribution in [0.4, 0.5) is 4.39 Å². The smallest absolute Gasteiger partial charge is 0.165 e. The molecule has 0 amide bonds. The van der Waals surface area contributed by atoms with Gasteiger partial charge in [0.25, 0.3) is 0 Å². The second kappa shape index (κ2) is 4.28. The normalized spacial score (nSPS) is 10.8. The summed E-state index contributed by atoms with van der Waals surface area (Å²) in [5, 5.41) is 20.3. The fourth-order valence-electron chi connectivity index (χ4n) is 2.01. The van der Waals surface area contributed by atoms with Gasteiger partial charge in [-0.15, -0.1) is 0 Å². The van der Waals surface area contributed by atoms with Crippen LogP contribution in [0.25, 0.3) is 21.9 Å². The molecule has 1 radical (unpaired) electrons. The van der Waals surface area contributed by atoms with Gasteiger partial charge in [-0.1, -0.05) is 12.1 Å². The lowest BCUT2D eigenvalue weighted by atomic mass is 10.0. The SMILES string of the molecule is Oc1ccc2cc(-c3ccc(O)c(F)c3)c[c]c2c1. The number of phenols is 2. The lowest BCUT2D eigenvalue weighted by Gasteiger charge is -2.05. The fourth-order valence-corrected chi connectivity index (χ4v) is 2.01. The summed E-state index contributed by atoms with van der Waals surface area (Å²) in [5.74, 6) is -0.825.